The van der Waals surface area contributed by atoms with E-state index in [0.29, 0.717) is 12.5 Å². The Balaban J connectivity index is 1.58. The summed E-state index contributed by atoms with van der Waals surface area (Å²) in [4.78, 5) is 14.5. The van der Waals surface area contributed by atoms with Gasteiger partial charge in [0, 0.05) is 24.1 Å². The van der Waals surface area contributed by atoms with Crippen LogP contribution < -0.4 is 5.56 Å². The van der Waals surface area contributed by atoms with E-state index in [1.54, 1.807) is 10.7 Å². The van der Waals surface area contributed by atoms with Crippen molar-refractivity contribution in [2.45, 2.75) is 59.0 Å². The lowest BCUT2D eigenvalue weighted by Crippen LogP contribution is -2.37. The molecule has 25 heavy (non-hydrogen) atoms. The molecule has 0 amide bonds. The van der Waals surface area contributed by atoms with Crippen LogP contribution in [0.4, 0.5) is 0 Å². The molecule has 1 fully saturated rings. The number of hydrogen-bond donors (Lipinski definition) is 0. The van der Waals surface area contributed by atoms with E-state index in [9.17, 15) is 4.79 Å². The lowest BCUT2D eigenvalue weighted by Gasteiger charge is -2.31. The molecule has 1 saturated heterocycles. The van der Waals surface area contributed by atoms with Crippen LogP contribution in [0, 0.1) is 12.8 Å². The van der Waals surface area contributed by atoms with Crippen LogP contribution in [0.2, 0.25) is 0 Å². The summed E-state index contributed by atoms with van der Waals surface area (Å²) >= 11 is 0. The third kappa shape index (κ3) is 4.57. The molecule has 3 heterocycles. The first kappa shape index (κ1) is 17.9. The number of aryl methyl sites for hydroxylation is 1. The van der Waals surface area contributed by atoms with Crippen LogP contribution in [0.3, 0.4) is 0 Å². The molecule has 6 heteroatoms. The second kappa shape index (κ2) is 7.12. The largest absolute Gasteiger partial charge is 0.360 e. The normalized spacial score (nSPS) is 17.1. The van der Waals surface area contributed by atoms with Gasteiger partial charge in [0.25, 0.3) is 5.56 Å². The molecule has 0 atom stereocenters. The molecule has 2 aromatic heterocycles. The summed E-state index contributed by atoms with van der Waals surface area (Å²) in [6.07, 6.45) is 2.14. The lowest BCUT2D eigenvalue weighted by molar-refractivity contribution is 0.150. The Morgan fingerprint density at radius 2 is 1.96 bits per heavy atom. The Hall–Kier alpha value is -1.95. The first-order valence-electron chi connectivity index (χ1n) is 9.04. The molecule has 0 saturated carbocycles. The van der Waals surface area contributed by atoms with E-state index in [2.05, 4.69) is 35.9 Å². The van der Waals surface area contributed by atoms with Gasteiger partial charge in [-0.1, -0.05) is 25.9 Å². The van der Waals surface area contributed by atoms with Crippen LogP contribution in [-0.2, 0) is 18.5 Å². The van der Waals surface area contributed by atoms with Crippen molar-refractivity contribution in [3.8, 4) is 0 Å². The Bertz CT molecular complexity index is 764. The molecule has 1 aliphatic heterocycles. The molecule has 2 aromatic rings. The third-order valence-electron chi connectivity index (χ3n) is 4.83. The highest BCUT2D eigenvalue weighted by atomic mass is 16.5. The van der Waals surface area contributed by atoms with Gasteiger partial charge in [0.2, 0.25) is 0 Å². The number of rotatable bonds is 4. The minimum Gasteiger partial charge on any atom is -0.360 e. The maximum atomic E-state index is 12.2. The zero-order chi connectivity index (χ0) is 18.0. The van der Waals surface area contributed by atoms with Crippen molar-refractivity contribution in [1.82, 2.24) is 19.8 Å². The maximum Gasteiger partial charge on any atom is 0.266 e. The van der Waals surface area contributed by atoms with Crippen LogP contribution in [0.1, 0.15) is 50.8 Å². The number of nitrogens with zero attached hydrogens (tertiary/aromatic N) is 4. The van der Waals surface area contributed by atoms with Gasteiger partial charge in [0.05, 0.1) is 17.9 Å². The summed E-state index contributed by atoms with van der Waals surface area (Å²) in [6, 6.07) is 5.49. The van der Waals surface area contributed by atoms with E-state index in [4.69, 9.17) is 4.52 Å². The van der Waals surface area contributed by atoms with Crippen molar-refractivity contribution in [3.63, 3.8) is 0 Å². The Morgan fingerprint density at radius 1 is 1.24 bits per heavy atom. The Morgan fingerprint density at radius 3 is 2.56 bits per heavy atom. The molecule has 6 nitrogen and oxygen atoms in total. The van der Waals surface area contributed by atoms with Gasteiger partial charge in [-0.3, -0.25) is 9.69 Å². The molecule has 0 bridgehead atoms. The minimum atomic E-state index is -0.0476. The number of likely N-dealkylation sites (tertiary alicyclic amines) is 1. The van der Waals surface area contributed by atoms with Gasteiger partial charge in [-0.25, -0.2) is 4.68 Å². The van der Waals surface area contributed by atoms with Crippen molar-refractivity contribution in [2.24, 2.45) is 5.92 Å². The zero-order valence-corrected chi connectivity index (χ0v) is 15.7. The van der Waals surface area contributed by atoms with Crippen molar-refractivity contribution in [1.29, 1.82) is 0 Å². The molecule has 1 aliphatic rings. The Kier molecular flexibility index (Phi) is 5.08. The summed E-state index contributed by atoms with van der Waals surface area (Å²) in [5.74, 6) is 1.42. The topological polar surface area (TPSA) is 64.2 Å². The highest BCUT2D eigenvalue weighted by Gasteiger charge is 2.22. The van der Waals surface area contributed by atoms with Crippen molar-refractivity contribution in [2.75, 3.05) is 13.1 Å². The van der Waals surface area contributed by atoms with E-state index in [1.165, 1.54) is 0 Å². The van der Waals surface area contributed by atoms with Gasteiger partial charge in [-0.05, 0) is 44.8 Å². The summed E-state index contributed by atoms with van der Waals surface area (Å²) < 4.78 is 6.96. The maximum absolute atomic E-state index is 12.2. The van der Waals surface area contributed by atoms with Crippen molar-refractivity contribution < 1.29 is 4.52 Å². The molecule has 0 spiro atoms. The predicted octanol–water partition coefficient (Wildman–Crippen LogP) is 2.75. The van der Waals surface area contributed by atoms with Crippen LogP contribution >= 0.6 is 0 Å². The Labute approximate surface area is 148 Å². The predicted molar refractivity (Wildman–Crippen MR) is 96.4 cm³/mol. The van der Waals surface area contributed by atoms with E-state index in [1.807, 2.05) is 19.1 Å². The summed E-state index contributed by atoms with van der Waals surface area (Å²) in [5, 5.41) is 8.54. The first-order chi connectivity index (χ1) is 11.8. The third-order valence-corrected chi connectivity index (χ3v) is 4.83. The fourth-order valence-corrected chi connectivity index (χ4v) is 3.26. The molecule has 0 aromatic carbocycles. The molecule has 0 radical (unpaired) electrons. The van der Waals surface area contributed by atoms with E-state index in [-0.39, 0.29) is 11.0 Å². The minimum absolute atomic E-state index is 0.00688. The molecular formula is C19H28N4O2. The van der Waals surface area contributed by atoms with Gasteiger partial charge in [-0.2, -0.15) is 5.10 Å². The highest BCUT2D eigenvalue weighted by Crippen LogP contribution is 2.22. The summed E-state index contributed by atoms with van der Waals surface area (Å²) in [6.45, 7) is 11.8. The fraction of sp³-hybridized carbons (Fsp3) is 0.632. The molecule has 3 rings (SSSR count). The molecule has 0 aliphatic carbocycles. The molecule has 0 N–H and O–H groups in total. The lowest BCUT2D eigenvalue weighted by atomic mass is 9.92. The highest BCUT2D eigenvalue weighted by molar-refractivity contribution is 5.10. The van der Waals surface area contributed by atoms with Gasteiger partial charge >= 0.3 is 0 Å². The average molecular weight is 344 g/mol. The van der Waals surface area contributed by atoms with Crippen LogP contribution in [-0.4, -0.2) is 32.9 Å². The second-order valence-electron chi connectivity index (χ2n) is 8.14. The van der Waals surface area contributed by atoms with Gasteiger partial charge in [0.15, 0.2) is 5.76 Å². The number of aromatic nitrogens is 3. The molecule has 136 valence electrons. The SMILES string of the molecule is Cc1cc(CN2CCC(Cn3nc(C(C)(C)C)ccc3=O)CC2)on1. The summed E-state index contributed by atoms with van der Waals surface area (Å²) in [5.41, 5.74) is 1.83. The van der Waals surface area contributed by atoms with Crippen LogP contribution in [0.25, 0.3) is 0 Å². The smallest absolute Gasteiger partial charge is 0.266 e. The van der Waals surface area contributed by atoms with E-state index >= 15 is 0 Å². The number of hydrogen-bond acceptors (Lipinski definition) is 5. The average Bonchev–Trinajstić information content (AvgIpc) is 2.95. The van der Waals surface area contributed by atoms with Crippen molar-refractivity contribution >= 4 is 0 Å². The first-order valence-corrected chi connectivity index (χ1v) is 9.04. The van der Waals surface area contributed by atoms with Gasteiger partial charge in [0.1, 0.15) is 0 Å². The number of piperidine rings is 1. The zero-order valence-electron chi connectivity index (χ0n) is 15.7. The standard InChI is InChI=1S/C19H28N4O2/c1-14-11-16(25-21-14)13-22-9-7-15(8-10-22)12-23-18(24)6-5-17(20-23)19(2,3)4/h5-6,11,15H,7-10,12-13H2,1-4H3. The van der Waals surface area contributed by atoms with Crippen molar-refractivity contribution in [3.05, 3.63) is 45.7 Å². The molecular weight excluding hydrogens is 316 g/mol. The molecule has 0 unspecified atom stereocenters. The van der Waals surface area contributed by atoms with Crippen LogP contribution in [0.15, 0.2) is 27.5 Å². The van der Waals surface area contributed by atoms with Gasteiger partial charge in [-0.15, -0.1) is 0 Å². The van der Waals surface area contributed by atoms with Crippen LogP contribution in [0.5, 0.6) is 0 Å². The van der Waals surface area contributed by atoms with E-state index < -0.39 is 0 Å². The van der Waals surface area contributed by atoms with Gasteiger partial charge < -0.3 is 4.52 Å². The second-order valence-corrected chi connectivity index (χ2v) is 8.14. The quantitative estimate of drug-likeness (QED) is 0.853. The monoisotopic (exact) mass is 344 g/mol. The van der Waals surface area contributed by atoms with E-state index in [0.717, 1.165) is 49.6 Å². The summed E-state index contributed by atoms with van der Waals surface area (Å²) in [7, 11) is 0. The fourth-order valence-electron chi connectivity index (χ4n) is 3.26.